The highest BCUT2D eigenvalue weighted by molar-refractivity contribution is 5.85. The topological polar surface area (TPSA) is 64.9 Å². The molecule has 4 aromatic rings. The molecule has 0 fully saturated rings. The van der Waals surface area contributed by atoms with Gasteiger partial charge in [0.2, 0.25) is 0 Å². The van der Waals surface area contributed by atoms with Crippen molar-refractivity contribution in [3.8, 4) is 11.5 Å². The fraction of sp³-hybridized carbons (Fsp3) is 0.105. The zero-order chi connectivity index (χ0) is 18.8. The van der Waals surface area contributed by atoms with Gasteiger partial charge in [0, 0.05) is 19.8 Å². The van der Waals surface area contributed by atoms with Crippen molar-refractivity contribution in [2.24, 2.45) is 7.05 Å². The van der Waals surface area contributed by atoms with Crippen molar-refractivity contribution in [3.63, 3.8) is 0 Å². The minimum absolute atomic E-state index is 0.0257. The number of hydrogen-bond donors (Lipinski definition) is 1. The second kappa shape index (κ2) is 6.99. The number of nitrogens with one attached hydrogen (secondary N) is 1. The summed E-state index contributed by atoms with van der Waals surface area (Å²) in [6, 6.07) is 10.4. The van der Waals surface area contributed by atoms with E-state index in [0.717, 1.165) is 5.39 Å². The second-order valence-electron chi connectivity index (χ2n) is 5.91. The van der Waals surface area contributed by atoms with E-state index >= 15 is 0 Å². The van der Waals surface area contributed by atoms with Crippen molar-refractivity contribution in [2.75, 3.05) is 5.32 Å². The van der Waals surface area contributed by atoms with Crippen molar-refractivity contribution >= 4 is 16.9 Å². The lowest BCUT2D eigenvalue weighted by atomic mass is 10.2. The molecule has 0 saturated carbocycles. The number of halogens is 2. The summed E-state index contributed by atoms with van der Waals surface area (Å²) in [6.07, 6.45) is 3.23. The van der Waals surface area contributed by atoms with Gasteiger partial charge in [-0.05, 0) is 29.8 Å². The Kier molecular flexibility index (Phi) is 4.37. The van der Waals surface area contributed by atoms with Gasteiger partial charge in [0.1, 0.15) is 12.1 Å². The summed E-state index contributed by atoms with van der Waals surface area (Å²) < 4.78 is 35.0. The third-order valence-electron chi connectivity index (χ3n) is 3.94. The number of rotatable bonds is 5. The molecular formula is C19H15F2N5O. The summed E-state index contributed by atoms with van der Waals surface area (Å²) in [4.78, 5) is 8.31. The second-order valence-corrected chi connectivity index (χ2v) is 5.91. The van der Waals surface area contributed by atoms with Crippen molar-refractivity contribution in [1.82, 2.24) is 19.7 Å². The van der Waals surface area contributed by atoms with Gasteiger partial charge < -0.3 is 10.1 Å². The van der Waals surface area contributed by atoms with Crippen LogP contribution in [-0.2, 0) is 13.6 Å². The van der Waals surface area contributed by atoms with Crippen LogP contribution < -0.4 is 10.1 Å². The van der Waals surface area contributed by atoms with Crippen LogP contribution in [0.25, 0.3) is 11.0 Å². The monoisotopic (exact) mass is 367 g/mol. The first kappa shape index (κ1) is 16.9. The van der Waals surface area contributed by atoms with Gasteiger partial charge in [-0.2, -0.15) is 5.10 Å². The molecule has 27 heavy (non-hydrogen) atoms. The van der Waals surface area contributed by atoms with Crippen LogP contribution in [0, 0.1) is 11.6 Å². The van der Waals surface area contributed by atoms with Gasteiger partial charge in [-0.3, -0.25) is 4.68 Å². The average molecular weight is 367 g/mol. The molecule has 0 aliphatic carbocycles. The fourth-order valence-corrected chi connectivity index (χ4v) is 2.66. The maximum atomic E-state index is 14.3. The first-order chi connectivity index (χ1) is 13.1. The third kappa shape index (κ3) is 3.55. The highest BCUT2D eigenvalue weighted by Crippen LogP contribution is 2.27. The van der Waals surface area contributed by atoms with Crippen LogP contribution in [0.3, 0.4) is 0 Å². The lowest BCUT2D eigenvalue weighted by Crippen LogP contribution is -2.03. The minimum atomic E-state index is -0.577. The molecule has 2 aromatic heterocycles. The summed E-state index contributed by atoms with van der Waals surface area (Å²) >= 11 is 0. The number of para-hydroxylation sites is 1. The molecule has 136 valence electrons. The molecule has 6 nitrogen and oxygen atoms in total. The highest BCUT2D eigenvalue weighted by Gasteiger charge is 2.10. The largest absolute Gasteiger partial charge is 0.451 e. The van der Waals surface area contributed by atoms with Crippen molar-refractivity contribution < 1.29 is 13.5 Å². The van der Waals surface area contributed by atoms with Gasteiger partial charge in [0.05, 0.1) is 5.39 Å². The van der Waals surface area contributed by atoms with Gasteiger partial charge in [-0.15, -0.1) is 0 Å². The molecule has 0 spiro atoms. The normalized spacial score (nSPS) is 10.9. The fourth-order valence-electron chi connectivity index (χ4n) is 2.66. The number of fused-ring (bicyclic) bond motifs is 1. The summed E-state index contributed by atoms with van der Waals surface area (Å²) in [6.45, 7) is 0.345. The van der Waals surface area contributed by atoms with Crippen LogP contribution in [0.15, 0.2) is 55.0 Å². The van der Waals surface area contributed by atoms with Gasteiger partial charge in [-0.1, -0.05) is 18.2 Å². The molecule has 0 unspecified atom stereocenters. The van der Waals surface area contributed by atoms with E-state index in [0.29, 0.717) is 23.6 Å². The zero-order valence-corrected chi connectivity index (χ0v) is 14.4. The van der Waals surface area contributed by atoms with Gasteiger partial charge in [0.15, 0.2) is 28.8 Å². The molecule has 2 heterocycles. The number of aryl methyl sites for hydroxylation is 1. The van der Waals surface area contributed by atoms with Crippen LogP contribution in [0.1, 0.15) is 5.56 Å². The number of anilines is 1. The van der Waals surface area contributed by atoms with Crippen LogP contribution in [0.4, 0.5) is 14.6 Å². The van der Waals surface area contributed by atoms with E-state index in [2.05, 4.69) is 20.4 Å². The summed E-state index contributed by atoms with van der Waals surface area (Å²) in [5.74, 6) is -0.582. The van der Waals surface area contributed by atoms with Crippen LogP contribution in [0.5, 0.6) is 11.5 Å². The van der Waals surface area contributed by atoms with Gasteiger partial charge >= 0.3 is 0 Å². The van der Waals surface area contributed by atoms with E-state index in [-0.39, 0.29) is 11.5 Å². The van der Waals surface area contributed by atoms with Gasteiger partial charge in [-0.25, -0.2) is 18.7 Å². The Balaban J connectivity index is 1.50. The number of aromatic nitrogens is 4. The minimum Gasteiger partial charge on any atom is -0.451 e. The van der Waals surface area contributed by atoms with Crippen molar-refractivity contribution in [2.45, 2.75) is 6.54 Å². The Morgan fingerprint density at radius 1 is 1.04 bits per heavy atom. The molecule has 1 N–H and O–H groups in total. The molecule has 8 heteroatoms. The van der Waals surface area contributed by atoms with Crippen LogP contribution in [-0.4, -0.2) is 19.7 Å². The summed E-state index contributed by atoms with van der Waals surface area (Å²) in [5.41, 5.74) is 1.26. The van der Waals surface area contributed by atoms with Crippen molar-refractivity contribution in [1.29, 1.82) is 0 Å². The molecule has 2 aromatic carbocycles. The smallest absolute Gasteiger partial charge is 0.186 e. The Morgan fingerprint density at radius 3 is 2.67 bits per heavy atom. The molecular weight excluding hydrogens is 352 g/mol. The molecule has 4 rings (SSSR count). The third-order valence-corrected chi connectivity index (χ3v) is 3.94. The molecule has 0 radical (unpaired) electrons. The first-order valence-corrected chi connectivity index (χ1v) is 8.19. The number of ether oxygens (including phenoxy) is 1. The number of hydrogen-bond acceptors (Lipinski definition) is 5. The Morgan fingerprint density at radius 2 is 1.85 bits per heavy atom. The van der Waals surface area contributed by atoms with Crippen LogP contribution >= 0.6 is 0 Å². The van der Waals surface area contributed by atoms with Crippen LogP contribution in [0.2, 0.25) is 0 Å². The zero-order valence-electron chi connectivity index (χ0n) is 14.4. The highest BCUT2D eigenvalue weighted by atomic mass is 19.1. The summed E-state index contributed by atoms with van der Waals surface area (Å²) in [7, 11) is 1.80. The van der Waals surface area contributed by atoms with E-state index in [1.165, 1.54) is 30.6 Å². The maximum Gasteiger partial charge on any atom is 0.186 e. The molecule has 0 bridgehead atoms. The van der Waals surface area contributed by atoms with E-state index in [1.54, 1.807) is 29.9 Å². The number of benzene rings is 2. The maximum absolute atomic E-state index is 14.3. The SMILES string of the molecule is Cn1cc2c(NCc3ccc(Oc4ccccc4F)c(F)c3)ncnc2n1. The van der Waals surface area contributed by atoms with E-state index in [4.69, 9.17) is 4.74 Å². The Labute approximate surface area is 153 Å². The molecule has 0 aliphatic heterocycles. The predicted molar refractivity (Wildman–Crippen MR) is 96.5 cm³/mol. The Hall–Kier alpha value is -3.55. The summed E-state index contributed by atoms with van der Waals surface area (Å²) in [5, 5.41) is 8.15. The number of nitrogens with zero attached hydrogens (tertiary/aromatic N) is 4. The quantitative estimate of drug-likeness (QED) is 0.577. The lowest BCUT2D eigenvalue weighted by molar-refractivity contribution is 0.414. The first-order valence-electron chi connectivity index (χ1n) is 8.19. The Bertz CT molecular complexity index is 1110. The van der Waals surface area contributed by atoms with E-state index in [9.17, 15) is 8.78 Å². The van der Waals surface area contributed by atoms with E-state index in [1.807, 2.05) is 6.20 Å². The van der Waals surface area contributed by atoms with Gasteiger partial charge in [0.25, 0.3) is 0 Å². The average Bonchev–Trinajstić information content (AvgIpc) is 3.04. The standard InChI is InChI=1S/C19H15F2N5O/c1-26-10-13-18(23-11-24-19(13)25-26)22-9-12-6-7-17(15(21)8-12)27-16-5-3-2-4-14(16)20/h2-8,10-11H,9H2,1H3,(H,22,23,24,25). The van der Waals surface area contributed by atoms with E-state index < -0.39 is 11.6 Å². The van der Waals surface area contributed by atoms with Crippen molar-refractivity contribution in [3.05, 3.63) is 72.2 Å². The predicted octanol–water partition coefficient (Wildman–Crippen LogP) is 4.05. The molecule has 0 atom stereocenters. The lowest BCUT2D eigenvalue weighted by Gasteiger charge is -2.10. The molecule has 0 saturated heterocycles. The molecule has 0 aliphatic rings. The molecule has 0 amide bonds.